The van der Waals surface area contributed by atoms with Crippen molar-refractivity contribution in [3.63, 3.8) is 0 Å². The molecule has 2 aliphatic rings. The number of alkyl halides is 2. The second-order valence-corrected chi connectivity index (χ2v) is 4.43. The largest absolute Gasteiger partial charge is 0.393 e. The third-order valence-corrected chi connectivity index (χ3v) is 3.20. The average Bonchev–Trinajstić information content (AvgIpc) is 2.64. The van der Waals surface area contributed by atoms with Crippen molar-refractivity contribution >= 4 is 5.84 Å². The summed E-state index contributed by atoms with van der Waals surface area (Å²) in [5, 5.41) is 18.8. The number of hydrogen-bond donors (Lipinski definition) is 3. The number of aliphatic hydroxyl groups excluding tert-OH is 2. The number of halogens is 2. The Labute approximate surface area is 108 Å². The van der Waals surface area contributed by atoms with E-state index in [1.807, 2.05) is 0 Å². The molecule has 2 rings (SSSR count). The molecule has 0 aromatic rings. The monoisotopic (exact) mass is 275 g/mol. The Hall–Kier alpha value is -1.51. The number of aliphatic hydroxyl groups is 2. The van der Waals surface area contributed by atoms with Crippen LogP contribution in [0.15, 0.2) is 29.7 Å². The fourth-order valence-corrected chi connectivity index (χ4v) is 2.03. The summed E-state index contributed by atoms with van der Waals surface area (Å²) in [7, 11) is 0. The average molecular weight is 275 g/mol. The SMILES string of the molecule is C=C1N=C(N)C=CN1[C@@H]1O[C@@](CO)(CF)[C@@H](O)[C@H]1F. The van der Waals surface area contributed by atoms with Gasteiger partial charge in [0.1, 0.15) is 24.4 Å². The van der Waals surface area contributed by atoms with Gasteiger partial charge in [-0.15, -0.1) is 0 Å². The smallest absolute Gasteiger partial charge is 0.174 e. The van der Waals surface area contributed by atoms with Crippen LogP contribution in [-0.4, -0.2) is 58.3 Å². The lowest BCUT2D eigenvalue weighted by molar-refractivity contribution is -0.142. The Kier molecular flexibility index (Phi) is 3.57. The topological polar surface area (TPSA) is 91.3 Å². The summed E-state index contributed by atoms with van der Waals surface area (Å²) < 4.78 is 32.2. The van der Waals surface area contributed by atoms with Gasteiger partial charge in [0, 0.05) is 6.20 Å². The van der Waals surface area contributed by atoms with Gasteiger partial charge in [-0.25, -0.2) is 13.8 Å². The lowest BCUT2D eigenvalue weighted by Gasteiger charge is -2.31. The van der Waals surface area contributed by atoms with Crippen molar-refractivity contribution in [1.82, 2.24) is 4.90 Å². The maximum atomic E-state index is 14.1. The third-order valence-electron chi connectivity index (χ3n) is 3.20. The van der Waals surface area contributed by atoms with Gasteiger partial charge in [0.15, 0.2) is 18.0 Å². The quantitative estimate of drug-likeness (QED) is 0.640. The van der Waals surface area contributed by atoms with Gasteiger partial charge in [-0.2, -0.15) is 0 Å². The molecule has 0 amide bonds. The van der Waals surface area contributed by atoms with Gasteiger partial charge >= 0.3 is 0 Å². The van der Waals surface area contributed by atoms with Crippen LogP contribution in [0.2, 0.25) is 0 Å². The summed E-state index contributed by atoms with van der Waals surface area (Å²) >= 11 is 0. The number of aliphatic imine (C=N–C) groups is 1. The summed E-state index contributed by atoms with van der Waals surface area (Å²) in [4.78, 5) is 5.01. The number of amidine groups is 1. The molecule has 0 radical (unpaired) electrons. The fraction of sp³-hybridized carbons (Fsp3) is 0.545. The molecule has 0 spiro atoms. The highest BCUT2D eigenvalue weighted by Crippen LogP contribution is 2.37. The molecule has 6 nitrogen and oxygen atoms in total. The first-order valence-corrected chi connectivity index (χ1v) is 5.61. The maximum Gasteiger partial charge on any atom is 0.174 e. The second-order valence-electron chi connectivity index (χ2n) is 4.43. The Morgan fingerprint density at radius 3 is 2.79 bits per heavy atom. The molecule has 0 saturated carbocycles. The summed E-state index contributed by atoms with van der Waals surface area (Å²) in [6.45, 7) is 1.52. The molecule has 0 aromatic carbocycles. The highest BCUT2D eigenvalue weighted by molar-refractivity contribution is 5.92. The highest BCUT2D eigenvalue weighted by Gasteiger charge is 2.57. The van der Waals surface area contributed by atoms with Gasteiger partial charge < -0.3 is 25.6 Å². The third kappa shape index (κ3) is 2.11. The van der Waals surface area contributed by atoms with E-state index in [0.717, 1.165) is 0 Å². The molecule has 0 bridgehead atoms. The zero-order valence-corrected chi connectivity index (χ0v) is 10.0. The van der Waals surface area contributed by atoms with E-state index < -0.39 is 37.4 Å². The van der Waals surface area contributed by atoms with Crippen molar-refractivity contribution < 1.29 is 23.7 Å². The maximum absolute atomic E-state index is 14.1. The molecule has 19 heavy (non-hydrogen) atoms. The summed E-state index contributed by atoms with van der Waals surface area (Å²) in [6, 6.07) is 0. The first kappa shape index (κ1) is 13.9. The molecular formula is C11H15F2N3O3. The molecular weight excluding hydrogens is 260 g/mol. The molecule has 2 heterocycles. The first-order valence-electron chi connectivity index (χ1n) is 5.61. The van der Waals surface area contributed by atoms with Crippen LogP contribution in [-0.2, 0) is 4.74 Å². The van der Waals surface area contributed by atoms with Gasteiger partial charge in [-0.3, -0.25) is 0 Å². The van der Waals surface area contributed by atoms with Gasteiger partial charge in [0.25, 0.3) is 0 Å². The number of ether oxygens (including phenoxy) is 1. The van der Waals surface area contributed by atoms with E-state index in [2.05, 4.69) is 11.6 Å². The summed E-state index contributed by atoms with van der Waals surface area (Å²) in [6.07, 6.45) is -2.25. The minimum absolute atomic E-state index is 0.104. The predicted octanol–water partition coefficient (Wildman–Crippen LogP) is -0.600. The minimum atomic E-state index is -1.97. The number of nitrogens with two attached hydrogens (primary N) is 1. The van der Waals surface area contributed by atoms with Crippen molar-refractivity contribution in [2.45, 2.75) is 24.1 Å². The number of rotatable bonds is 3. The van der Waals surface area contributed by atoms with Gasteiger partial charge in [0.05, 0.1) is 6.61 Å². The minimum Gasteiger partial charge on any atom is -0.393 e. The standard InChI is InChI=1S/C11H15F2N3O3/c1-6-15-7(14)2-3-16(6)10-8(13)9(18)11(4-12,5-17)19-10/h2-3,8-10,17-18H,1,4-5H2,(H2,14,15)/t8-,9+,10-,11-/m1/s1. The summed E-state index contributed by atoms with van der Waals surface area (Å²) in [5.74, 6) is 0.293. The Bertz CT molecular complexity index is 437. The molecule has 1 fully saturated rings. The normalized spacial score (nSPS) is 38.7. The molecule has 4 N–H and O–H groups in total. The predicted molar refractivity (Wildman–Crippen MR) is 63.3 cm³/mol. The van der Waals surface area contributed by atoms with Crippen molar-refractivity contribution in [2.75, 3.05) is 13.3 Å². The van der Waals surface area contributed by atoms with Crippen LogP contribution in [0.25, 0.3) is 0 Å². The Morgan fingerprint density at radius 2 is 2.32 bits per heavy atom. The van der Waals surface area contributed by atoms with E-state index in [9.17, 15) is 13.9 Å². The molecule has 0 unspecified atom stereocenters. The molecule has 2 aliphatic heterocycles. The van der Waals surface area contributed by atoms with E-state index in [0.29, 0.717) is 0 Å². The molecule has 0 aromatic heterocycles. The number of nitrogens with zero attached hydrogens (tertiary/aromatic N) is 2. The van der Waals surface area contributed by atoms with Crippen molar-refractivity contribution in [3.05, 3.63) is 24.7 Å². The zero-order chi connectivity index (χ0) is 14.2. The van der Waals surface area contributed by atoms with Gasteiger partial charge in [-0.1, -0.05) is 6.58 Å². The van der Waals surface area contributed by atoms with E-state index in [1.165, 1.54) is 17.2 Å². The van der Waals surface area contributed by atoms with E-state index in [-0.39, 0.29) is 11.7 Å². The van der Waals surface area contributed by atoms with Gasteiger partial charge in [0.2, 0.25) is 0 Å². The Balaban J connectivity index is 2.24. The van der Waals surface area contributed by atoms with Crippen LogP contribution in [0, 0.1) is 0 Å². The Morgan fingerprint density at radius 1 is 1.63 bits per heavy atom. The second kappa shape index (κ2) is 4.87. The fourth-order valence-electron chi connectivity index (χ4n) is 2.03. The molecule has 4 atom stereocenters. The molecule has 106 valence electrons. The molecule has 1 saturated heterocycles. The van der Waals surface area contributed by atoms with Crippen LogP contribution < -0.4 is 5.73 Å². The van der Waals surface area contributed by atoms with Crippen LogP contribution in [0.4, 0.5) is 8.78 Å². The van der Waals surface area contributed by atoms with Crippen molar-refractivity contribution in [3.8, 4) is 0 Å². The van der Waals surface area contributed by atoms with Crippen LogP contribution in [0.5, 0.6) is 0 Å². The van der Waals surface area contributed by atoms with Crippen LogP contribution in [0.3, 0.4) is 0 Å². The van der Waals surface area contributed by atoms with Gasteiger partial charge in [-0.05, 0) is 6.08 Å². The molecule has 8 heteroatoms. The lowest BCUT2D eigenvalue weighted by Crippen LogP contribution is -2.47. The number of hydrogen-bond acceptors (Lipinski definition) is 6. The lowest BCUT2D eigenvalue weighted by atomic mass is 9.98. The highest BCUT2D eigenvalue weighted by atomic mass is 19.1. The van der Waals surface area contributed by atoms with Crippen LogP contribution >= 0.6 is 0 Å². The first-order chi connectivity index (χ1) is 8.95. The van der Waals surface area contributed by atoms with Crippen LogP contribution in [0.1, 0.15) is 0 Å². The van der Waals surface area contributed by atoms with Crippen molar-refractivity contribution in [1.29, 1.82) is 0 Å². The van der Waals surface area contributed by atoms with Crippen molar-refractivity contribution in [2.24, 2.45) is 10.7 Å². The molecule has 0 aliphatic carbocycles. The summed E-state index contributed by atoms with van der Waals surface area (Å²) in [5.41, 5.74) is 3.48. The van der Waals surface area contributed by atoms with E-state index >= 15 is 0 Å². The zero-order valence-electron chi connectivity index (χ0n) is 10.0. The van der Waals surface area contributed by atoms with E-state index in [4.69, 9.17) is 15.6 Å². The van der Waals surface area contributed by atoms with E-state index in [1.54, 1.807) is 0 Å².